The molecule has 0 saturated heterocycles. The van der Waals surface area contributed by atoms with Crippen LogP contribution in [-0.2, 0) is 0 Å². The van der Waals surface area contributed by atoms with E-state index in [9.17, 15) is 0 Å². The zero-order valence-corrected chi connectivity index (χ0v) is 27.2. The summed E-state index contributed by atoms with van der Waals surface area (Å²) in [6, 6.07) is 65.6. The minimum absolute atomic E-state index is 0.894. The summed E-state index contributed by atoms with van der Waals surface area (Å²) in [6.45, 7) is 0. The number of hydrogen-bond donors (Lipinski definition) is 0. The van der Waals surface area contributed by atoms with Gasteiger partial charge in [0.05, 0.1) is 33.8 Å². The molecule has 0 bridgehead atoms. The van der Waals surface area contributed by atoms with Crippen molar-refractivity contribution in [2.45, 2.75) is 0 Å². The van der Waals surface area contributed by atoms with Crippen LogP contribution in [0, 0.1) is 0 Å². The Bertz CT molecular complexity index is 2540. The van der Waals surface area contributed by atoms with Crippen molar-refractivity contribution in [3.63, 3.8) is 0 Å². The lowest BCUT2D eigenvalue weighted by Crippen LogP contribution is -1.94. The maximum atomic E-state index is 5.26. The number of rotatable bonds is 6. The van der Waals surface area contributed by atoms with Crippen LogP contribution in [0.2, 0.25) is 0 Å². The van der Waals surface area contributed by atoms with Gasteiger partial charge in [-0.05, 0) is 46.5 Å². The van der Waals surface area contributed by atoms with Crippen molar-refractivity contribution in [2.75, 3.05) is 0 Å². The second kappa shape index (κ2) is 12.7. The molecule has 0 aliphatic heterocycles. The van der Waals surface area contributed by atoms with Crippen LogP contribution in [-0.4, -0.2) is 15.0 Å². The summed E-state index contributed by atoms with van der Waals surface area (Å²) >= 11 is 0. The molecule has 0 aliphatic rings. The molecule has 3 heteroatoms. The Hall–Kier alpha value is -6.71. The van der Waals surface area contributed by atoms with Gasteiger partial charge in [0.25, 0.3) is 0 Å². The summed E-state index contributed by atoms with van der Waals surface area (Å²) in [4.78, 5) is 15.6. The fraction of sp³-hybridized carbons (Fsp3) is 0. The van der Waals surface area contributed by atoms with Crippen LogP contribution in [0.1, 0.15) is 0 Å². The lowest BCUT2D eigenvalue weighted by molar-refractivity contribution is 1.32. The predicted octanol–water partition coefficient (Wildman–Crippen LogP) is 12.2. The summed E-state index contributed by atoms with van der Waals surface area (Å²) in [7, 11) is 0. The molecule has 0 radical (unpaired) electrons. The van der Waals surface area contributed by atoms with Crippen molar-refractivity contribution in [2.24, 2.45) is 0 Å². The molecule has 0 unspecified atom stereocenters. The van der Waals surface area contributed by atoms with Crippen molar-refractivity contribution in [3.05, 3.63) is 188 Å². The largest absolute Gasteiger partial charge is 0.248 e. The van der Waals surface area contributed by atoms with Gasteiger partial charge < -0.3 is 0 Å². The second-order valence-electron chi connectivity index (χ2n) is 12.5. The van der Waals surface area contributed by atoms with E-state index >= 15 is 0 Å². The Labute approximate surface area is 291 Å². The van der Waals surface area contributed by atoms with Gasteiger partial charge in [0.2, 0.25) is 0 Å². The third-order valence-electron chi connectivity index (χ3n) is 9.27. The molecule has 50 heavy (non-hydrogen) atoms. The molecular formula is C47H31N3. The lowest BCUT2D eigenvalue weighted by atomic mass is 9.95. The molecule has 3 nitrogen and oxygen atoms in total. The summed E-state index contributed by atoms with van der Waals surface area (Å²) < 4.78 is 0. The van der Waals surface area contributed by atoms with Crippen LogP contribution in [0.4, 0.5) is 0 Å². The van der Waals surface area contributed by atoms with E-state index in [2.05, 4.69) is 158 Å². The molecule has 9 aromatic rings. The minimum atomic E-state index is 0.894. The highest BCUT2D eigenvalue weighted by molar-refractivity contribution is 6.09. The standard InChI is InChI=1S/C47H31N3/c1-5-13-32(14-6-1)39-29-43(35-17-9-3-10-18-35)48-44(30-39)37-23-21-33(22-24-37)41-31-45(36-19-11-4-12-20-36)50-47-40(41)27-25-38-26-28-42(49-46(38)47)34-15-7-2-8-16-34/h1-31H. The Morgan fingerprint density at radius 1 is 0.260 bits per heavy atom. The van der Waals surface area contributed by atoms with E-state index in [4.69, 9.17) is 15.0 Å². The van der Waals surface area contributed by atoms with Crippen molar-refractivity contribution in [1.29, 1.82) is 0 Å². The van der Waals surface area contributed by atoms with Gasteiger partial charge in [0, 0.05) is 33.0 Å². The van der Waals surface area contributed by atoms with Crippen molar-refractivity contribution < 1.29 is 0 Å². The fourth-order valence-electron chi connectivity index (χ4n) is 6.69. The van der Waals surface area contributed by atoms with Crippen LogP contribution in [0.3, 0.4) is 0 Å². The molecular weight excluding hydrogens is 607 g/mol. The minimum Gasteiger partial charge on any atom is -0.248 e. The zero-order valence-electron chi connectivity index (χ0n) is 27.2. The molecule has 9 rings (SSSR count). The number of hydrogen-bond acceptors (Lipinski definition) is 3. The number of aromatic nitrogens is 3. The first-order valence-corrected chi connectivity index (χ1v) is 16.9. The third kappa shape index (κ3) is 5.61. The van der Waals surface area contributed by atoms with Crippen LogP contribution < -0.4 is 0 Å². The number of pyridine rings is 3. The molecule has 0 N–H and O–H groups in total. The Morgan fingerprint density at radius 3 is 1.28 bits per heavy atom. The van der Waals surface area contributed by atoms with Crippen molar-refractivity contribution in [3.8, 4) is 67.3 Å². The molecule has 0 atom stereocenters. The van der Waals surface area contributed by atoms with Crippen LogP contribution in [0.25, 0.3) is 89.1 Å². The average molecular weight is 638 g/mol. The van der Waals surface area contributed by atoms with E-state index in [1.54, 1.807) is 0 Å². The second-order valence-corrected chi connectivity index (χ2v) is 12.5. The monoisotopic (exact) mass is 637 g/mol. The highest BCUT2D eigenvalue weighted by Gasteiger charge is 2.15. The third-order valence-corrected chi connectivity index (χ3v) is 9.27. The van der Waals surface area contributed by atoms with E-state index in [1.165, 1.54) is 0 Å². The first-order chi connectivity index (χ1) is 24.8. The lowest BCUT2D eigenvalue weighted by Gasteiger charge is -2.14. The number of nitrogens with zero attached hydrogens (tertiary/aromatic N) is 3. The molecule has 3 aromatic heterocycles. The SMILES string of the molecule is c1ccc(-c2cc(-c3ccccc3)nc(-c3ccc(-c4cc(-c5ccccc5)nc5c4ccc4ccc(-c6ccccc6)nc45)cc3)c2)cc1. The van der Waals surface area contributed by atoms with Crippen LogP contribution in [0.5, 0.6) is 0 Å². The number of fused-ring (bicyclic) bond motifs is 3. The zero-order chi connectivity index (χ0) is 33.3. The average Bonchev–Trinajstić information content (AvgIpc) is 3.21. The maximum absolute atomic E-state index is 5.26. The van der Waals surface area contributed by atoms with Crippen molar-refractivity contribution in [1.82, 2.24) is 15.0 Å². The van der Waals surface area contributed by atoms with Gasteiger partial charge in [-0.2, -0.15) is 0 Å². The Balaban J connectivity index is 1.20. The molecule has 0 aliphatic carbocycles. The van der Waals surface area contributed by atoms with Gasteiger partial charge >= 0.3 is 0 Å². The summed E-state index contributed by atoms with van der Waals surface area (Å²) in [5.74, 6) is 0. The van der Waals surface area contributed by atoms with E-state index in [1.807, 2.05) is 30.3 Å². The molecule has 234 valence electrons. The normalized spacial score (nSPS) is 11.2. The van der Waals surface area contributed by atoms with Crippen LogP contribution >= 0.6 is 0 Å². The molecule has 3 heterocycles. The van der Waals surface area contributed by atoms with E-state index < -0.39 is 0 Å². The summed E-state index contributed by atoms with van der Waals surface area (Å²) in [5, 5.41) is 2.13. The highest BCUT2D eigenvalue weighted by Crippen LogP contribution is 2.37. The topological polar surface area (TPSA) is 38.7 Å². The Kier molecular flexibility index (Phi) is 7.49. The Morgan fingerprint density at radius 2 is 0.700 bits per heavy atom. The highest BCUT2D eigenvalue weighted by atomic mass is 14.8. The van der Waals surface area contributed by atoms with Gasteiger partial charge in [0.15, 0.2) is 0 Å². The van der Waals surface area contributed by atoms with Crippen molar-refractivity contribution >= 4 is 21.8 Å². The molecule has 0 amide bonds. The molecule has 0 saturated carbocycles. The van der Waals surface area contributed by atoms with Gasteiger partial charge in [-0.15, -0.1) is 0 Å². The maximum Gasteiger partial charge on any atom is 0.0978 e. The quantitative estimate of drug-likeness (QED) is 0.170. The van der Waals surface area contributed by atoms with Gasteiger partial charge in [-0.3, -0.25) is 0 Å². The number of benzene rings is 6. The van der Waals surface area contributed by atoms with E-state index in [-0.39, 0.29) is 0 Å². The van der Waals surface area contributed by atoms with E-state index in [0.717, 1.165) is 89.1 Å². The molecule has 6 aromatic carbocycles. The van der Waals surface area contributed by atoms with Crippen LogP contribution in [0.15, 0.2) is 188 Å². The first-order valence-electron chi connectivity index (χ1n) is 16.9. The first kappa shape index (κ1) is 29.4. The van der Waals surface area contributed by atoms with E-state index in [0.29, 0.717) is 0 Å². The van der Waals surface area contributed by atoms with Gasteiger partial charge in [-0.1, -0.05) is 164 Å². The van der Waals surface area contributed by atoms with Gasteiger partial charge in [-0.25, -0.2) is 15.0 Å². The predicted molar refractivity (Wildman–Crippen MR) is 207 cm³/mol. The summed E-state index contributed by atoms with van der Waals surface area (Å²) in [6.07, 6.45) is 0. The summed E-state index contributed by atoms with van der Waals surface area (Å²) in [5.41, 5.74) is 14.4. The molecule has 0 fully saturated rings. The molecule has 0 spiro atoms. The van der Waals surface area contributed by atoms with Gasteiger partial charge in [0.1, 0.15) is 0 Å². The fourth-order valence-corrected chi connectivity index (χ4v) is 6.69. The smallest absolute Gasteiger partial charge is 0.0978 e.